The van der Waals surface area contributed by atoms with Crippen molar-refractivity contribution in [1.82, 2.24) is 14.8 Å². The van der Waals surface area contributed by atoms with E-state index in [-0.39, 0.29) is 23.7 Å². The molecular weight excluding hydrogens is 308 g/mol. The Morgan fingerprint density at radius 1 is 1.17 bits per heavy atom. The van der Waals surface area contributed by atoms with Crippen LogP contribution in [0, 0.1) is 5.92 Å². The average Bonchev–Trinajstić information content (AvgIpc) is 3.33. The van der Waals surface area contributed by atoms with Crippen LogP contribution >= 0.6 is 0 Å². The van der Waals surface area contributed by atoms with Crippen LogP contribution in [0.5, 0.6) is 0 Å². The molecule has 7 nitrogen and oxygen atoms in total. The molecule has 0 spiro atoms. The molecule has 0 aromatic carbocycles. The van der Waals surface area contributed by atoms with Crippen molar-refractivity contribution in [2.45, 2.75) is 18.4 Å². The molecule has 0 radical (unpaired) electrons. The number of allylic oxidation sites excluding steroid dienone is 2. The summed E-state index contributed by atoms with van der Waals surface area (Å²) in [5, 5.41) is 7.51. The molecule has 0 saturated carbocycles. The zero-order valence-corrected chi connectivity index (χ0v) is 12.6. The van der Waals surface area contributed by atoms with E-state index in [9.17, 15) is 4.79 Å². The van der Waals surface area contributed by atoms with E-state index >= 15 is 0 Å². The second-order valence-electron chi connectivity index (χ2n) is 6.01. The molecule has 1 aliphatic carbocycles. The molecule has 0 unspecified atom stereocenters. The summed E-state index contributed by atoms with van der Waals surface area (Å²) in [5.41, 5.74) is 0.828. The molecule has 1 aliphatic heterocycles. The molecule has 0 saturated heterocycles. The first-order valence-electron chi connectivity index (χ1n) is 7.79. The Hall–Kier alpha value is -3.09. The van der Waals surface area contributed by atoms with Gasteiger partial charge >= 0.3 is 0 Å². The van der Waals surface area contributed by atoms with Crippen molar-refractivity contribution >= 4 is 11.7 Å². The number of hydrogen-bond acceptors (Lipinski definition) is 6. The Kier molecular flexibility index (Phi) is 2.76. The van der Waals surface area contributed by atoms with Crippen molar-refractivity contribution in [3.63, 3.8) is 0 Å². The zero-order valence-electron chi connectivity index (χ0n) is 12.6. The van der Waals surface area contributed by atoms with E-state index in [4.69, 9.17) is 8.83 Å². The van der Waals surface area contributed by atoms with Gasteiger partial charge in [-0.3, -0.25) is 4.79 Å². The van der Waals surface area contributed by atoms with Crippen LogP contribution in [-0.4, -0.2) is 20.5 Å². The van der Waals surface area contributed by atoms with Crippen LogP contribution in [0.3, 0.4) is 0 Å². The molecule has 3 atom stereocenters. The van der Waals surface area contributed by atoms with Gasteiger partial charge in [0.05, 0.1) is 18.4 Å². The second kappa shape index (κ2) is 4.95. The number of aromatic nitrogens is 3. The van der Waals surface area contributed by atoms with Gasteiger partial charge in [0.15, 0.2) is 0 Å². The third-order valence-electron chi connectivity index (χ3n) is 4.64. The van der Waals surface area contributed by atoms with E-state index in [1.54, 1.807) is 17.2 Å². The second-order valence-corrected chi connectivity index (χ2v) is 6.01. The quantitative estimate of drug-likeness (QED) is 0.781. The summed E-state index contributed by atoms with van der Waals surface area (Å²) in [6.07, 6.45) is 7.16. The average molecular weight is 322 g/mol. The molecule has 3 aromatic rings. The van der Waals surface area contributed by atoms with Gasteiger partial charge in [0.25, 0.3) is 0 Å². The number of rotatable bonds is 2. The number of fused-ring (bicyclic) bond motifs is 2. The van der Waals surface area contributed by atoms with E-state index in [1.807, 2.05) is 24.3 Å². The van der Waals surface area contributed by atoms with E-state index in [0.717, 1.165) is 11.5 Å². The van der Waals surface area contributed by atoms with E-state index in [2.05, 4.69) is 21.5 Å². The lowest BCUT2D eigenvalue weighted by Crippen LogP contribution is -2.39. The fourth-order valence-corrected chi connectivity index (χ4v) is 3.60. The molecule has 0 fully saturated rings. The Labute approximate surface area is 137 Å². The van der Waals surface area contributed by atoms with Gasteiger partial charge in [-0.2, -0.15) is 10.1 Å². The summed E-state index contributed by atoms with van der Waals surface area (Å²) in [7, 11) is 0. The number of ketones is 1. The lowest BCUT2D eigenvalue weighted by atomic mass is 9.78. The van der Waals surface area contributed by atoms with Gasteiger partial charge in [-0.25, -0.2) is 4.68 Å². The van der Waals surface area contributed by atoms with Crippen LogP contribution in [0.4, 0.5) is 5.95 Å². The molecule has 2 aliphatic rings. The van der Waals surface area contributed by atoms with Gasteiger partial charge < -0.3 is 14.2 Å². The number of anilines is 1. The van der Waals surface area contributed by atoms with Gasteiger partial charge in [0.1, 0.15) is 29.7 Å². The molecule has 7 heteroatoms. The normalized spacial score (nSPS) is 25.6. The molecule has 4 heterocycles. The van der Waals surface area contributed by atoms with Gasteiger partial charge in [-0.15, -0.1) is 0 Å². The summed E-state index contributed by atoms with van der Waals surface area (Å²) in [6, 6.07) is 7.09. The molecule has 1 N–H and O–H groups in total. The summed E-state index contributed by atoms with van der Waals surface area (Å²) in [5.74, 6) is 1.78. The number of nitrogens with zero attached hydrogens (tertiary/aromatic N) is 3. The highest BCUT2D eigenvalue weighted by molar-refractivity contribution is 5.88. The maximum absolute atomic E-state index is 12.9. The number of furan rings is 2. The third-order valence-corrected chi connectivity index (χ3v) is 4.64. The largest absolute Gasteiger partial charge is 0.469 e. The Morgan fingerprint density at radius 2 is 1.96 bits per heavy atom. The highest BCUT2D eigenvalue weighted by Crippen LogP contribution is 2.43. The minimum atomic E-state index is -0.364. The summed E-state index contributed by atoms with van der Waals surface area (Å²) >= 11 is 0. The molecule has 5 rings (SSSR count). The van der Waals surface area contributed by atoms with Crippen molar-refractivity contribution in [1.29, 1.82) is 0 Å². The van der Waals surface area contributed by atoms with Crippen LogP contribution in [0.15, 0.2) is 63.7 Å². The predicted octanol–water partition coefficient (Wildman–Crippen LogP) is 2.74. The van der Waals surface area contributed by atoms with E-state index < -0.39 is 0 Å². The lowest BCUT2D eigenvalue weighted by Gasteiger charge is -2.36. The highest BCUT2D eigenvalue weighted by Gasteiger charge is 2.44. The Balaban J connectivity index is 1.64. The van der Waals surface area contributed by atoms with E-state index in [0.29, 0.717) is 18.1 Å². The number of Topliss-reactive ketones (excluding diaryl/α,β-unsaturated/α-hetero) is 1. The van der Waals surface area contributed by atoms with Crippen LogP contribution in [0.1, 0.15) is 29.9 Å². The van der Waals surface area contributed by atoms with Crippen LogP contribution < -0.4 is 5.32 Å². The zero-order chi connectivity index (χ0) is 16.1. The first-order valence-corrected chi connectivity index (χ1v) is 7.79. The van der Waals surface area contributed by atoms with Gasteiger partial charge in [-0.1, -0.05) is 6.08 Å². The van der Waals surface area contributed by atoms with Crippen molar-refractivity contribution < 1.29 is 13.6 Å². The maximum Gasteiger partial charge on any atom is 0.226 e. The van der Waals surface area contributed by atoms with Crippen molar-refractivity contribution in [2.24, 2.45) is 5.92 Å². The van der Waals surface area contributed by atoms with E-state index in [1.165, 1.54) is 6.33 Å². The fourth-order valence-electron chi connectivity index (χ4n) is 3.60. The van der Waals surface area contributed by atoms with Gasteiger partial charge in [-0.05, 0) is 24.3 Å². The summed E-state index contributed by atoms with van der Waals surface area (Å²) in [4.78, 5) is 17.2. The molecule has 3 aromatic heterocycles. The summed E-state index contributed by atoms with van der Waals surface area (Å²) in [6.45, 7) is 0. The fraction of sp³-hybridized carbons (Fsp3) is 0.235. The Morgan fingerprint density at radius 3 is 2.71 bits per heavy atom. The van der Waals surface area contributed by atoms with Crippen molar-refractivity contribution in [3.8, 4) is 0 Å². The summed E-state index contributed by atoms with van der Waals surface area (Å²) < 4.78 is 12.8. The number of carbonyl (C=O) groups is 1. The van der Waals surface area contributed by atoms with Crippen LogP contribution in [0.25, 0.3) is 0 Å². The van der Waals surface area contributed by atoms with Crippen molar-refractivity contribution in [3.05, 3.63) is 66.4 Å². The SMILES string of the molecule is O=C1C[C@H](c2ccco2)C=C2Nc3ncnn3[C@@H](c3ccco3)[C@H]12. The highest BCUT2D eigenvalue weighted by atomic mass is 16.3. The number of hydrogen-bond donors (Lipinski definition) is 1. The minimum Gasteiger partial charge on any atom is -0.469 e. The number of nitrogens with one attached hydrogen (secondary N) is 1. The smallest absolute Gasteiger partial charge is 0.226 e. The lowest BCUT2D eigenvalue weighted by molar-refractivity contribution is -0.123. The maximum atomic E-state index is 12.9. The minimum absolute atomic E-state index is 0.0713. The first-order chi connectivity index (χ1) is 11.8. The van der Waals surface area contributed by atoms with Gasteiger partial charge in [0.2, 0.25) is 5.95 Å². The molecule has 0 amide bonds. The molecule has 0 bridgehead atoms. The first kappa shape index (κ1) is 13.4. The topological polar surface area (TPSA) is 86.1 Å². The van der Waals surface area contributed by atoms with Crippen LogP contribution in [0.2, 0.25) is 0 Å². The standard InChI is InChI=1S/C17H14N4O3/c22-12-8-10(13-3-1-5-23-13)7-11-15(12)16(14-4-2-6-24-14)21-17(20-11)18-9-19-21/h1-7,9-10,15-16H,8H2,(H,18,19,20)/t10-,15+,16+/m1/s1. The Bertz CT molecular complexity index is 908. The van der Waals surface area contributed by atoms with Crippen LogP contribution in [-0.2, 0) is 4.79 Å². The predicted molar refractivity (Wildman–Crippen MR) is 83.1 cm³/mol. The van der Waals surface area contributed by atoms with Crippen molar-refractivity contribution in [2.75, 3.05) is 5.32 Å². The molecular formula is C17H14N4O3. The molecule has 24 heavy (non-hydrogen) atoms. The molecule has 120 valence electrons. The monoisotopic (exact) mass is 322 g/mol. The van der Waals surface area contributed by atoms with Gasteiger partial charge in [0, 0.05) is 18.0 Å². The number of carbonyl (C=O) groups excluding carboxylic acids is 1. The third kappa shape index (κ3) is 1.87.